The van der Waals surface area contributed by atoms with Gasteiger partial charge in [-0.05, 0) is 6.42 Å². The standard InChI is InChI=1S/C10H17ClN2O2/c1-2-3-9(14)12-4-6-13(7-5-12)10(15)8-11/h2-8H2,1H3. The van der Waals surface area contributed by atoms with Crippen LogP contribution in [0.5, 0.6) is 0 Å². The van der Waals surface area contributed by atoms with Gasteiger partial charge in [0.05, 0.1) is 0 Å². The van der Waals surface area contributed by atoms with E-state index < -0.39 is 0 Å². The van der Waals surface area contributed by atoms with Crippen LogP contribution in [-0.4, -0.2) is 53.7 Å². The maximum absolute atomic E-state index is 11.5. The van der Waals surface area contributed by atoms with E-state index in [1.807, 2.05) is 11.8 Å². The summed E-state index contributed by atoms with van der Waals surface area (Å²) < 4.78 is 0. The van der Waals surface area contributed by atoms with Crippen LogP contribution in [0.4, 0.5) is 0 Å². The van der Waals surface area contributed by atoms with Gasteiger partial charge in [0, 0.05) is 32.6 Å². The van der Waals surface area contributed by atoms with Gasteiger partial charge in [-0.2, -0.15) is 0 Å². The smallest absolute Gasteiger partial charge is 0.237 e. The van der Waals surface area contributed by atoms with Crippen LogP contribution in [-0.2, 0) is 9.59 Å². The third-order valence-corrected chi connectivity index (χ3v) is 2.79. The maximum atomic E-state index is 11.5. The first-order valence-corrected chi connectivity index (χ1v) is 5.84. The molecule has 1 saturated heterocycles. The fourth-order valence-electron chi connectivity index (χ4n) is 1.66. The summed E-state index contributed by atoms with van der Waals surface area (Å²) in [5.74, 6) is 0.179. The summed E-state index contributed by atoms with van der Waals surface area (Å²) >= 11 is 5.46. The van der Waals surface area contributed by atoms with Crippen molar-refractivity contribution in [2.75, 3.05) is 32.1 Å². The summed E-state index contributed by atoms with van der Waals surface area (Å²) in [5, 5.41) is 0. The summed E-state index contributed by atoms with van der Waals surface area (Å²) in [6, 6.07) is 0. The minimum atomic E-state index is -0.0424. The van der Waals surface area contributed by atoms with E-state index in [1.165, 1.54) is 0 Å². The third-order valence-electron chi connectivity index (χ3n) is 2.56. The summed E-state index contributed by atoms with van der Waals surface area (Å²) in [5.41, 5.74) is 0. The zero-order valence-electron chi connectivity index (χ0n) is 9.04. The second-order valence-corrected chi connectivity index (χ2v) is 3.91. The fourth-order valence-corrected chi connectivity index (χ4v) is 1.83. The van der Waals surface area contributed by atoms with Crippen molar-refractivity contribution in [3.8, 4) is 0 Å². The van der Waals surface area contributed by atoms with Crippen LogP contribution in [0.25, 0.3) is 0 Å². The largest absolute Gasteiger partial charge is 0.339 e. The first-order valence-electron chi connectivity index (χ1n) is 5.30. The molecule has 0 N–H and O–H groups in total. The SMILES string of the molecule is CCCC(=O)N1CCN(C(=O)CCl)CC1. The Morgan fingerprint density at radius 3 is 1.93 bits per heavy atom. The van der Waals surface area contributed by atoms with Crippen LogP contribution in [0, 0.1) is 0 Å². The Morgan fingerprint density at radius 2 is 1.53 bits per heavy atom. The van der Waals surface area contributed by atoms with Crippen LogP contribution < -0.4 is 0 Å². The number of rotatable bonds is 3. The Balaban J connectivity index is 2.35. The molecule has 1 fully saturated rings. The number of hydrogen-bond acceptors (Lipinski definition) is 2. The molecular formula is C10H17ClN2O2. The molecule has 0 aromatic rings. The van der Waals surface area contributed by atoms with Gasteiger partial charge in [-0.1, -0.05) is 6.92 Å². The number of hydrogen-bond donors (Lipinski definition) is 0. The number of carbonyl (C=O) groups excluding carboxylic acids is 2. The molecule has 0 aromatic heterocycles. The van der Waals surface area contributed by atoms with Gasteiger partial charge in [0.15, 0.2) is 0 Å². The quantitative estimate of drug-likeness (QED) is 0.672. The highest BCUT2D eigenvalue weighted by Gasteiger charge is 2.22. The van der Waals surface area contributed by atoms with E-state index >= 15 is 0 Å². The number of piperazine rings is 1. The van der Waals surface area contributed by atoms with E-state index in [-0.39, 0.29) is 17.7 Å². The number of alkyl halides is 1. The molecule has 15 heavy (non-hydrogen) atoms. The van der Waals surface area contributed by atoms with Gasteiger partial charge in [-0.3, -0.25) is 9.59 Å². The molecular weight excluding hydrogens is 216 g/mol. The van der Waals surface area contributed by atoms with E-state index in [9.17, 15) is 9.59 Å². The van der Waals surface area contributed by atoms with Crippen molar-refractivity contribution in [2.24, 2.45) is 0 Å². The molecule has 5 heteroatoms. The highest BCUT2D eigenvalue weighted by Crippen LogP contribution is 2.05. The number of halogens is 1. The zero-order chi connectivity index (χ0) is 11.3. The highest BCUT2D eigenvalue weighted by atomic mass is 35.5. The number of amides is 2. The average molecular weight is 233 g/mol. The Labute approximate surface area is 95.2 Å². The number of carbonyl (C=O) groups is 2. The molecule has 1 heterocycles. The monoisotopic (exact) mass is 232 g/mol. The lowest BCUT2D eigenvalue weighted by molar-refractivity contribution is -0.138. The first-order chi connectivity index (χ1) is 7.19. The summed E-state index contributed by atoms with van der Waals surface area (Å²) in [7, 11) is 0. The van der Waals surface area contributed by atoms with Gasteiger partial charge in [0.1, 0.15) is 5.88 Å². The van der Waals surface area contributed by atoms with Crippen molar-refractivity contribution in [1.29, 1.82) is 0 Å². The van der Waals surface area contributed by atoms with Crippen molar-refractivity contribution in [3.63, 3.8) is 0 Å². The molecule has 2 amide bonds. The van der Waals surface area contributed by atoms with E-state index in [0.717, 1.165) is 6.42 Å². The molecule has 0 bridgehead atoms. The predicted molar refractivity (Wildman–Crippen MR) is 58.8 cm³/mol. The molecule has 86 valence electrons. The van der Waals surface area contributed by atoms with E-state index in [0.29, 0.717) is 32.6 Å². The van der Waals surface area contributed by atoms with Gasteiger partial charge >= 0.3 is 0 Å². The van der Waals surface area contributed by atoms with Crippen LogP contribution in [0.3, 0.4) is 0 Å². The second kappa shape index (κ2) is 5.95. The summed E-state index contributed by atoms with van der Waals surface area (Å²) in [6.07, 6.45) is 1.48. The fraction of sp³-hybridized carbons (Fsp3) is 0.800. The topological polar surface area (TPSA) is 40.6 Å². The molecule has 1 aliphatic heterocycles. The first kappa shape index (κ1) is 12.3. The van der Waals surface area contributed by atoms with Crippen molar-refractivity contribution in [2.45, 2.75) is 19.8 Å². The minimum absolute atomic E-state index is 0.0307. The van der Waals surface area contributed by atoms with Crippen molar-refractivity contribution in [1.82, 2.24) is 9.80 Å². The van der Waals surface area contributed by atoms with Crippen LogP contribution in [0.1, 0.15) is 19.8 Å². The molecule has 0 spiro atoms. The lowest BCUT2D eigenvalue weighted by atomic mass is 10.2. The predicted octanol–water partition coefficient (Wildman–Crippen LogP) is 0.696. The number of nitrogens with zero attached hydrogens (tertiary/aromatic N) is 2. The van der Waals surface area contributed by atoms with Gasteiger partial charge in [0.25, 0.3) is 0 Å². The van der Waals surface area contributed by atoms with Gasteiger partial charge in [-0.15, -0.1) is 11.6 Å². The lowest BCUT2D eigenvalue weighted by Gasteiger charge is -2.34. The van der Waals surface area contributed by atoms with Gasteiger partial charge in [0.2, 0.25) is 11.8 Å². The Hall–Kier alpha value is -0.770. The average Bonchev–Trinajstić information content (AvgIpc) is 2.28. The van der Waals surface area contributed by atoms with Crippen molar-refractivity contribution >= 4 is 23.4 Å². The van der Waals surface area contributed by atoms with Crippen molar-refractivity contribution < 1.29 is 9.59 Å². The van der Waals surface area contributed by atoms with E-state index in [4.69, 9.17) is 11.6 Å². The Bertz CT molecular complexity index is 238. The highest BCUT2D eigenvalue weighted by molar-refractivity contribution is 6.27. The maximum Gasteiger partial charge on any atom is 0.237 e. The van der Waals surface area contributed by atoms with E-state index in [2.05, 4.69) is 0 Å². The molecule has 0 aromatic carbocycles. The van der Waals surface area contributed by atoms with Gasteiger partial charge < -0.3 is 9.80 Å². The summed E-state index contributed by atoms with van der Waals surface area (Å²) in [4.78, 5) is 26.3. The lowest BCUT2D eigenvalue weighted by Crippen LogP contribution is -2.50. The summed E-state index contributed by atoms with van der Waals surface area (Å²) in [6.45, 7) is 4.50. The van der Waals surface area contributed by atoms with Gasteiger partial charge in [-0.25, -0.2) is 0 Å². The van der Waals surface area contributed by atoms with Crippen LogP contribution >= 0.6 is 11.6 Å². The van der Waals surface area contributed by atoms with Crippen LogP contribution in [0.15, 0.2) is 0 Å². The normalized spacial score (nSPS) is 16.7. The molecule has 1 rings (SSSR count). The molecule has 0 radical (unpaired) electrons. The molecule has 0 saturated carbocycles. The third kappa shape index (κ3) is 3.38. The van der Waals surface area contributed by atoms with Crippen LogP contribution in [0.2, 0.25) is 0 Å². The Kier molecular flexibility index (Phi) is 4.88. The second-order valence-electron chi connectivity index (χ2n) is 3.65. The Morgan fingerprint density at radius 1 is 1.07 bits per heavy atom. The molecule has 4 nitrogen and oxygen atoms in total. The molecule has 0 atom stereocenters. The zero-order valence-corrected chi connectivity index (χ0v) is 9.79. The molecule has 1 aliphatic rings. The minimum Gasteiger partial charge on any atom is -0.339 e. The molecule has 0 aliphatic carbocycles. The molecule has 0 unspecified atom stereocenters. The van der Waals surface area contributed by atoms with E-state index in [1.54, 1.807) is 4.90 Å². The van der Waals surface area contributed by atoms with Crippen molar-refractivity contribution in [3.05, 3.63) is 0 Å².